The molecular formula is C19H30N2O3. The molecule has 5 saturated carbocycles. The van der Waals surface area contributed by atoms with E-state index < -0.39 is 12.1 Å². The Morgan fingerprint density at radius 1 is 1.08 bits per heavy atom. The maximum absolute atomic E-state index is 12.6. The molecule has 0 aromatic rings. The van der Waals surface area contributed by atoms with Crippen LogP contribution < -0.4 is 10.6 Å². The van der Waals surface area contributed by atoms with Crippen LogP contribution in [0, 0.1) is 29.1 Å². The van der Waals surface area contributed by atoms with Crippen LogP contribution in [0.3, 0.4) is 0 Å². The number of rotatable bonds is 6. The summed E-state index contributed by atoms with van der Waals surface area (Å²) in [6.45, 7) is 2.28. The van der Waals surface area contributed by atoms with E-state index in [0.717, 1.165) is 30.6 Å². The first-order valence-electron chi connectivity index (χ1n) is 9.70. The Hall–Kier alpha value is -1.10. The monoisotopic (exact) mass is 334 g/mol. The topological polar surface area (TPSA) is 78.4 Å². The van der Waals surface area contributed by atoms with Crippen molar-refractivity contribution >= 4 is 11.8 Å². The summed E-state index contributed by atoms with van der Waals surface area (Å²) in [6, 6.07) is -0.827. The molecule has 134 valence electrons. The number of carbonyl (C=O) groups is 2. The second-order valence-electron chi connectivity index (χ2n) is 9.14. The van der Waals surface area contributed by atoms with Gasteiger partial charge in [-0.15, -0.1) is 0 Å². The summed E-state index contributed by atoms with van der Waals surface area (Å²) in [6.07, 6.45) is 8.82. The van der Waals surface area contributed by atoms with E-state index in [2.05, 4.69) is 10.6 Å². The van der Waals surface area contributed by atoms with E-state index in [1.54, 1.807) is 6.92 Å². The molecule has 0 heterocycles. The fraction of sp³-hybridized carbons (Fsp3) is 0.895. The quantitative estimate of drug-likeness (QED) is 0.690. The predicted octanol–water partition coefficient (Wildman–Crippen LogP) is 1.59. The molecule has 0 aromatic carbocycles. The van der Waals surface area contributed by atoms with Gasteiger partial charge in [0.1, 0.15) is 6.04 Å². The lowest BCUT2D eigenvalue weighted by molar-refractivity contribution is -0.133. The lowest BCUT2D eigenvalue weighted by Crippen LogP contribution is -2.56. The third-order valence-electron chi connectivity index (χ3n) is 6.81. The minimum Gasteiger partial charge on any atom is -0.391 e. The van der Waals surface area contributed by atoms with E-state index in [1.807, 2.05) is 0 Å². The van der Waals surface area contributed by atoms with Crippen molar-refractivity contribution in [3.8, 4) is 0 Å². The number of aliphatic hydroxyl groups is 1. The molecule has 0 saturated heterocycles. The van der Waals surface area contributed by atoms with Crippen molar-refractivity contribution in [2.75, 3.05) is 6.54 Å². The molecule has 2 unspecified atom stereocenters. The van der Waals surface area contributed by atoms with Gasteiger partial charge in [-0.3, -0.25) is 9.59 Å². The summed E-state index contributed by atoms with van der Waals surface area (Å²) in [5.74, 6) is 2.30. The van der Waals surface area contributed by atoms with Crippen molar-refractivity contribution in [3.63, 3.8) is 0 Å². The number of amides is 2. The van der Waals surface area contributed by atoms with Crippen LogP contribution in [0.4, 0.5) is 0 Å². The Balaban J connectivity index is 1.35. The molecule has 0 aromatic heterocycles. The summed E-state index contributed by atoms with van der Waals surface area (Å²) < 4.78 is 0. The van der Waals surface area contributed by atoms with Gasteiger partial charge in [-0.1, -0.05) is 0 Å². The van der Waals surface area contributed by atoms with Gasteiger partial charge in [0, 0.05) is 12.5 Å². The number of hydrogen-bond acceptors (Lipinski definition) is 3. The number of nitrogens with one attached hydrogen (secondary N) is 2. The van der Waals surface area contributed by atoms with Crippen LogP contribution in [0.5, 0.6) is 0 Å². The Morgan fingerprint density at radius 3 is 2.08 bits per heavy atom. The van der Waals surface area contributed by atoms with Crippen LogP contribution in [0.25, 0.3) is 0 Å². The Bertz CT molecular complexity index is 491. The molecule has 0 spiro atoms. The molecule has 4 bridgehead atoms. The van der Waals surface area contributed by atoms with Crippen molar-refractivity contribution in [2.24, 2.45) is 29.1 Å². The highest BCUT2D eigenvalue weighted by Crippen LogP contribution is 2.59. The van der Waals surface area contributed by atoms with E-state index >= 15 is 0 Å². The van der Waals surface area contributed by atoms with Crippen LogP contribution in [0.15, 0.2) is 0 Å². The van der Waals surface area contributed by atoms with Gasteiger partial charge < -0.3 is 15.7 Å². The Kier molecular flexibility index (Phi) is 4.10. The zero-order valence-electron chi connectivity index (χ0n) is 14.6. The van der Waals surface area contributed by atoms with Crippen molar-refractivity contribution < 1.29 is 14.7 Å². The average molecular weight is 334 g/mol. The molecule has 5 heteroatoms. The standard InChI is InChI=1S/C19H30N2O3/c1-11(22)16(21-17(23)15-2-3-15)18(24)20-10-19-7-12-4-13(8-19)6-14(5-12)9-19/h11-16,22H,2-10H2,1H3,(H,20,24)(H,21,23). The van der Waals surface area contributed by atoms with Crippen LogP contribution in [-0.4, -0.2) is 35.6 Å². The zero-order valence-corrected chi connectivity index (χ0v) is 14.6. The van der Waals surface area contributed by atoms with Gasteiger partial charge >= 0.3 is 0 Å². The van der Waals surface area contributed by atoms with Crippen molar-refractivity contribution in [3.05, 3.63) is 0 Å². The maximum atomic E-state index is 12.6. The lowest BCUT2D eigenvalue weighted by Gasteiger charge is -2.57. The molecule has 0 aliphatic heterocycles. The maximum Gasteiger partial charge on any atom is 0.245 e. The van der Waals surface area contributed by atoms with Gasteiger partial charge in [0.05, 0.1) is 6.10 Å². The van der Waals surface area contributed by atoms with Crippen molar-refractivity contribution in [1.29, 1.82) is 0 Å². The first kappa shape index (κ1) is 16.4. The van der Waals surface area contributed by atoms with Gasteiger partial charge in [-0.2, -0.15) is 0 Å². The Labute approximate surface area is 144 Å². The minimum atomic E-state index is -0.871. The van der Waals surface area contributed by atoms with E-state index in [-0.39, 0.29) is 23.1 Å². The highest BCUT2D eigenvalue weighted by Gasteiger charge is 2.51. The van der Waals surface area contributed by atoms with Gasteiger partial charge in [0.25, 0.3) is 0 Å². The fourth-order valence-electron chi connectivity index (χ4n) is 5.91. The molecule has 5 fully saturated rings. The lowest BCUT2D eigenvalue weighted by atomic mass is 9.49. The normalized spacial score (nSPS) is 39.3. The van der Waals surface area contributed by atoms with E-state index in [4.69, 9.17) is 0 Å². The molecule has 5 nitrogen and oxygen atoms in total. The molecule has 5 rings (SSSR count). The third-order valence-corrected chi connectivity index (χ3v) is 6.81. The predicted molar refractivity (Wildman–Crippen MR) is 90.0 cm³/mol. The average Bonchev–Trinajstić information content (AvgIpc) is 3.33. The number of hydrogen-bond donors (Lipinski definition) is 3. The largest absolute Gasteiger partial charge is 0.391 e. The first-order valence-corrected chi connectivity index (χ1v) is 9.70. The van der Waals surface area contributed by atoms with E-state index in [9.17, 15) is 14.7 Å². The molecule has 2 atom stereocenters. The highest BCUT2D eigenvalue weighted by molar-refractivity contribution is 5.89. The highest BCUT2D eigenvalue weighted by atomic mass is 16.3. The molecule has 24 heavy (non-hydrogen) atoms. The summed E-state index contributed by atoms with van der Waals surface area (Å²) in [7, 11) is 0. The molecule has 3 N–H and O–H groups in total. The zero-order chi connectivity index (χ0) is 16.9. The summed E-state index contributed by atoms with van der Waals surface area (Å²) in [4.78, 5) is 24.5. The molecule has 2 amide bonds. The van der Waals surface area contributed by atoms with Gasteiger partial charge in [-0.25, -0.2) is 0 Å². The van der Waals surface area contributed by atoms with Crippen molar-refractivity contribution in [1.82, 2.24) is 10.6 Å². The van der Waals surface area contributed by atoms with E-state index in [0.29, 0.717) is 6.54 Å². The Morgan fingerprint density at radius 2 is 1.62 bits per heavy atom. The van der Waals surface area contributed by atoms with Crippen LogP contribution in [0.1, 0.15) is 58.3 Å². The van der Waals surface area contributed by atoms with Gasteiger partial charge in [0.15, 0.2) is 0 Å². The van der Waals surface area contributed by atoms with Gasteiger partial charge in [-0.05, 0) is 81.5 Å². The summed E-state index contributed by atoms with van der Waals surface area (Å²) in [5.41, 5.74) is 0.272. The van der Waals surface area contributed by atoms with Gasteiger partial charge in [0.2, 0.25) is 11.8 Å². The van der Waals surface area contributed by atoms with Crippen LogP contribution in [-0.2, 0) is 9.59 Å². The minimum absolute atomic E-state index is 0.0437. The second-order valence-corrected chi connectivity index (χ2v) is 9.14. The summed E-state index contributed by atoms with van der Waals surface area (Å²) >= 11 is 0. The third kappa shape index (κ3) is 3.19. The smallest absolute Gasteiger partial charge is 0.245 e. The van der Waals surface area contributed by atoms with Crippen LogP contribution in [0.2, 0.25) is 0 Å². The number of carbonyl (C=O) groups excluding carboxylic acids is 2. The van der Waals surface area contributed by atoms with E-state index in [1.165, 1.54) is 38.5 Å². The second kappa shape index (κ2) is 6.01. The molecular weight excluding hydrogens is 304 g/mol. The van der Waals surface area contributed by atoms with Crippen LogP contribution >= 0.6 is 0 Å². The first-order chi connectivity index (χ1) is 11.4. The number of aliphatic hydroxyl groups excluding tert-OH is 1. The molecule has 5 aliphatic rings. The molecule has 5 aliphatic carbocycles. The van der Waals surface area contributed by atoms with Crippen molar-refractivity contribution in [2.45, 2.75) is 70.4 Å². The summed E-state index contributed by atoms with van der Waals surface area (Å²) in [5, 5.41) is 15.7. The fourth-order valence-corrected chi connectivity index (χ4v) is 5.91. The molecule has 0 radical (unpaired) electrons. The SMILES string of the molecule is CC(O)C(NC(=O)C1CC1)C(=O)NCC12CC3CC(CC(C3)C1)C2.